The molecule has 0 aliphatic carbocycles. The number of hydrogen-bond acceptors (Lipinski definition) is 5. The topological polar surface area (TPSA) is 67.4 Å². The molecule has 0 unspecified atom stereocenters. The maximum absolute atomic E-state index is 14.1. The molecule has 184 valence electrons. The first-order valence-electron chi connectivity index (χ1n) is 11.5. The second-order valence-electron chi connectivity index (χ2n) is 8.84. The number of alkyl halides is 2. The van der Waals surface area contributed by atoms with Crippen molar-refractivity contribution in [3.8, 4) is 0 Å². The second-order valence-corrected chi connectivity index (χ2v) is 9.65. The van der Waals surface area contributed by atoms with Crippen molar-refractivity contribution < 1.29 is 18.3 Å². The highest BCUT2D eigenvalue weighted by Crippen LogP contribution is 2.25. The molecule has 34 heavy (non-hydrogen) atoms. The first kappa shape index (κ1) is 25.2. The summed E-state index contributed by atoms with van der Waals surface area (Å²) in [5.41, 5.74) is 2.27. The quantitative estimate of drug-likeness (QED) is 0.618. The number of benzene rings is 1. The van der Waals surface area contributed by atoms with Crippen LogP contribution in [-0.2, 0) is 17.8 Å². The van der Waals surface area contributed by atoms with Crippen molar-refractivity contribution in [1.29, 1.82) is 0 Å². The van der Waals surface area contributed by atoms with E-state index in [-0.39, 0.29) is 36.1 Å². The second kappa shape index (κ2) is 11.2. The molecule has 1 amide bonds. The van der Waals surface area contributed by atoms with Crippen LogP contribution in [0.15, 0.2) is 18.2 Å². The number of hydrogen-bond donors (Lipinski definition) is 1. The monoisotopic (exact) mass is 512 g/mol. The highest BCUT2D eigenvalue weighted by Gasteiger charge is 2.31. The highest BCUT2D eigenvalue weighted by molar-refractivity contribution is 6.42. The Bertz CT molecular complexity index is 1030. The summed E-state index contributed by atoms with van der Waals surface area (Å²) in [5, 5.41) is 4.26. The lowest BCUT2D eigenvalue weighted by atomic mass is 9.99. The van der Waals surface area contributed by atoms with Gasteiger partial charge in [-0.15, -0.1) is 0 Å². The molecule has 0 spiro atoms. The molecular formula is C24H28Cl2F2N4O2. The van der Waals surface area contributed by atoms with E-state index in [1.165, 1.54) is 0 Å². The molecule has 2 fully saturated rings. The molecule has 10 heteroatoms. The molecule has 3 heterocycles. The Morgan fingerprint density at radius 1 is 1.21 bits per heavy atom. The maximum atomic E-state index is 14.1. The molecule has 0 bridgehead atoms. The van der Waals surface area contributed by atoms with E-state index in [9.17, 15) is 13.6 Å². The van der Waals surface area contributed by atoms with Crippen molar-refractivity contribution >= 4 is 29.1 Å². The number of nitrogens with zero attached hydrogens (tertiary/aromatic N) is 3. The van der Waals surface area contributed by atoms with Gasteiger partial charge in [-0.25, -0.2) is 18.7 Å². The zero-order valence-electron chi connectivity index (χ0n) is 19.0. The summed E-state index contributed by atoms with van der Waals surface area (Å²) in [5.74, 6) is -0.257. The number of carbonyl (C=O) groups is 1. The van der Waals surface area contributed by atoms with Crippen LogP contribution in [0.4, 0.5) is 8.78 Å². The lowest BCUT2D eigenvalue weighted by molar-refractivity contribution is 0.00840. The summed E-state index contributed by atoms with van der Waals surface area (Å²) in [6.45, 7) is 2.65. The molecular weight excluding hydrogens is 485 g/mol. The number of carbonyl (C=O) groups excluding carboxylic acids is 1. The van der Waals surface area contributed by atoms with Gasteiger partial charge in [-0.3, -0.25) is 4.79 Å². The molecule has 1 aromatic heterocycles. The zero-order chi connectivity index (χ0) is 24.2. The van der Waals surface area contributed by atoms with Crippen molar-refractivity contribution in [2.24, 2.45) is 0 Å². The number of piperidine rings is 1. The van der Waals surface area contributed by atoms with Gasteiger partial charge in [-0.1, -0.05) is 29.3 Å². The summed E-state index contributed by atoms with van der Waals surface area (Å²) >= 11 is 12.1. The van der Waals surface area contributed by atoms with E-state index in [1.807, 2.05) is 6.07 Å². The number of nitrogens with one attached hydrogen (secondary N) is 1. The minimum Gasteiger partial charge on any atom is -0.378 e. The number of aromatic nitrogens is 2. The van der Waals surface area contributed by atoms with Gasteiger partial charge in [0.05, 0.1) is 22.3 Å². The molecule has 2 aromatic rings. The summed E-state index contributed by atoms with van der Waals surface area (Å²) < 4.78 is 32.8. The Labute approximate surface area is 208 Å². The van der Waals surface area contributed by atoms with E-state index in [2.05, 4.69) is 15.3 Å². The lowest BCUT2D eigenvalue weighted by Crippen LogP contribution is -2.52. The number of halogens is 4. The van der Waals surface area contributed by atoms with Crippen LogP contribution >= 0.6 is 23.2 Å². The average molecular weight is 513 g/mol. The summed E-state index contributed by atoms with van der Waals surface area (Å²) in [6.07, 6.45) is 1.44. The number of amides is 1. The average Bonchev–Trinajstić information content (AvgIpc) is 2.84. The molecule has 1 aromatic carbocycles. The van der Waals surface area contributed by atoms with Crippen LogP contribution in [0.5, 0.6) is 0 Å². The molecule has 0 saturated carbocycles. The third-order valence-electron chi connectivity index (χ3n) is 6.49. The van der Waals surface area contributed by atoms with Crippen LogP contribution < -0.4 is 5.32 Å². The van der Waals surface area contributed by atoms with Gasteiger partial charge in [-0.05, 0) is 43.9 Å². The van der Waals surface area contributed by atoms with Gasteiger partial charge < -0.3 is 15.0 Å². The van der Waals surface area contributed by atoms with Crippen LogP contribution in [-0.4, -0.2) is 65.3 Å². The molecule has 0 radical (unpaired) electrons. The maximum Gasteiger partial charge on any atom is 0.272 e. The Balaban J connectivity index is 1.45. The molecule has 2 saturated heterocycles. The third kappa shape index (κ3) is 5.85. The fourth-order valence-electron chi connectivity index (χ4n) is 4.49. The van der Waals surface area contributed by atoms with E-state index in [0.717, 1.165) is 5.56 Å². The number of ether oxygens (including phenoxy) is 1. The Morgan fingerprint density at radius 3 is 2.65 bits per heavy atom. The van der Waals surface area contributed by atoms with Crippen LogP contribution in [0.1, 0.15) is 52.4 Å². The highest BCUT2D eigenvalue weighted by atomic mass is 35.5. The first-order chi connectivity index (χ1) is 16.4. The summed E-state index contributed by atoms with van der Waals surface area (Å²) in [7, 11) is 0. The van der Waals surface area contributed by atoms with Gasteiger partial charge in [0.2, 0.25) is 0 Å². The lowest BCUT2D eigenvalue weighted by Gasteiger charge is -2.36. The minimum atomic E-state index is -1.01. The minimum absolute atomic E-state index is 0.0194. The van der Waals surface area contributed by atoms with Crippen LogP contribution in [0.25, 0.3) is 0 Å². The van der Waals surface area contributed by atoms with Crippen molar-refractivity contribution in [2.45, 2.75) is 57.5 Å². The van der Waals surface area contributed by atoms with E-state index in [0.29, 0.717) is 66.7 Å². The van der Waals surface area contributed by atoms with Crippen LogP contribution in [0.2, 0.25) is 10.0 Å². The predicted octanol–water partition coefficient (Wildman–Crippen LogP) is 4.47. The molecule has 2 atom stereocenters. The van der Waals surface area contributed by atoms with Crippen LogP contribution in [0, 0.1) is 6.92 Å². The van der Waals surface area contributed by atoms with Gasteiger partial charge in [0, 0.05) is 43.8 Å². The molecule has 4 rings (SSSR count). The predicted molar refractivity (Wildman–Crippen MR) is 127 cm³/mol. The SMILES string of the molecule is Cc1c(Cc2ccc(Cl)c(Cl)c2)nc(CF)nc1C(=O)N1CCC(N[C@@H]2CCOC[C@@H]2F)CC1. The third-order valence-corrected chi connectivity index (χ3v) is 7.23. The molecule has 2 aliphatic heterocycles. The first-order valence-corrected chi connectivity index (χ1v) is 12.2. The molecule has 2 aliphatic rings. The van der Waals surface area contributed by atoms with Crippen molar-refractivity contribution in [1.82, 2.24) is 20.2 Å². The van der Waals surface area contributed by atoms with Gasteiger partial charge in [0.1, 0.15) is 18.5 Å². The van der Waals surface area contributed by atoms with Crippen LogP contribution in [0.3, 0.4) is 0 Å². The number of likely N-dealkylation sites (tertiary alicyclic amines) is 1. The smallest absolute Gasteiger partial charge is 0.272 e. The van der Waals surface area contributed by atoms with E-state index in [1.54, 1.807) is 24.0 Å². The summed E-state index contributed by atoms with van der Waals surface area (Å²) in [4.78, 5) is 23.6. The standard InChI is InChI=1S/C24H28Cl2F2N4O2/c1-14-21(11-15-2-3-17(25)18(26)10-15)30-22(12-27)31-23(14)24(33)32-7-4-16(5-8-32)29-20-6-9-34-13-19(20)28/h2-3,10,16,19-20,29H,4-9,11-13H2,1H3/t19-,20+/m0/s1. The normalized spacial score (nSPS) is 21.6. The van der Waals surface area contributed by atoms with Gasteiger partial charge in [0.15, 0.2) is 5.82 Å². The van der Waals surface area contributed by atoms with Gasteiger partial charge in [-0.2, -0.15) is 0 Å². The molecule has 6 nitrogen and oxygen atoms in total. The van der Waals surface area contributed by atoms with E-state index < -0.39 is 12.8 Å². The van der Waals surface area contributed by atoms with Crippen molar-refractivity contribution in [3.05, 3.63) is 56.6 Å². The fraction of sp³-hybridized carbons (Fsp3) is 0.542. The number of rotatable bonds is 6. The Kier molecular flexibility index (Phi) is 8.34. The van der Waals surface area contributed by atoms with Crippen molar-refractivity contribution in [2.75, 3.05) is 26.3 Å². The van der Waals surface area contributed by atoms with Gasteiger partial charge in [0.25, 0.3) is 5.91 Å². The zero-order valence-corrected chi connectivity index (χ0v) is 20.5. The van der Waals surface area contributed by atoms with Crippen molar-refractivity contribution in [3.63, 3.8) is 0 Å². The van der Waals surface area contributed by atoms with Gasteiger partial charge >= 0.3 is 0 Å². The largest absolute Gasteiger partial charge is 0.378 e. The Morgan fingerprint density at radius 2 is 1.97 bits per heavy atom. The Hall–Kier alpha value is -1.87. The molecule has 1 N–H and O–H groups in total. The summed E-state index contributed by atoms with van der Waals surface area (Å²) in [6, 6.07) is 5.19. The fourth-order valence-corrected chi connectivity index (χ4v) is 4.81. The van der Waals surface area contributed by atoms with E-state index >= 15 is 0 Å². The van der Waals surface area contributed by atoms with E-state index in [4.69, 9.17) is 27.9 Å².